The van der Waals surface area contributed by atoms with Gasteiger partial charge in [-0.2, -0.15) is 0 Å². The number of hydrogen-bond donors (Lipinski definition) is 1. The molecule has 0 fully saturated rings. The molecule has 0 aliphatic rings. The maximum absolute atomic E-state index is 11.4. The van der Waals surface area contributed by atoms with Crippen molar-refractivity contribution in [3.8, 4) is 106 Å². The van der Waals surface area contributed by atoms with Gasteiger partial charge in [-0.1, -0.05) is 36.8 Å². The Morgan fingerprint density at radius 3 is 1.42 bits per heavy atom. The highest BCUT2D eigenvalue weighted by Crippen LogP contribution is 2.01. The minimum Gasteiger partial charge on any atom is -0.0955 e. The van der Waals surface area contributed by atoms with E-state index < -0.39 is 0 Å². The van der Waals surface area contributed by atoms with Crippen molar-refractivity contribution in [3.05, 3.63) is 0 Å². The van der Waals surface area contributed by atoms with Gasteiger partial charge in [-0.25, -0.2) is 0 Å². The highest BCUT2D eigenvalue weighted by Gasteiger charge is 1.73. The van der Waals surface area contributed by atoms with E-state index in [2.05, 4.69) is 124 Å². The first-order valence-corrected chi connectivity index (χ1v) is 7.63. The summed E-state index contributed by atoms with van der Waals surface area (Å²) in [4.78, 5) is 0. The molecule has 0 aromatic carbocycles. The van der Waals surface area contributed by atoms with Gasteiger partial charge < -0.3 is 0 Å². The SMILES string of the molecule is FN=CPCC#CC#CC#CC#CC#CC#CC#CC#CC#CS. The molecule has 0 amide bonds. The topological polar surface area (TPSA) is 12.4 Å². The van der Waals surface area contributed by atoms with Crippen LogP contribution in [0.5, 0.6) is 0 Å². The molecule has 0 saturated heterocycles. The number of rotatable bonds is 2. The monoisotopic (exact) mass is 341 g/mol. The number of nitrogens with zero attached hydrogens (tertiary/aromatic N) is 1. The van der Waals surface area contributed by atoms with Crippen LogP contribution >= 0.6 is 21.2 Å². The molecule has 1 atom stereocenters. The Morgan fingerprint density at radius 1 is 0.667 bits per heavy atom. The van der Waals surface area contributed by atoms with Crippen molar-refractivity contribution in [1.29, 1.82) is 0 Å². The zero-order chi connectivity index (χ0) is 17.6. The molecule has 108 valence electrons. The molecule has 0 spiro atoms. The smallest absolute Gasteiger partial charge is 0.0583 e. The third-order valence-electron chi connectivity index (χ3n) is 1.41. The zero-order valence-corrected chi connectivity index (χ0v) is 14.0. The quantitative estimate of drug-likeness (QED) is 0.257. The maximum Gasteiger partial charge on any atom is 0.0583 e. The van der Waals surface area contributed by atoms with E-state index in [9.17, 15) is 4.48 Å². The minimum absolute atomic E-state index is 0.227. The molecule has 0 saturated carbocycles. The normalized spacial score (nSPS) is 6.08. The summed E-state index contributed by atoms with van der Waals surface area (Å²) in [5.74, 6) is 43.7. The summed E-state index contributed by atoms with van der Waals surface area (Å²) in [5, 5.41) is 4.68. The maximum atomic E-state index is 11.4. The highest BCUT2D eigenvalue weighted by atomic mass is 32.1. The van der Waals surface area contributed by atoms with E-state index in [0.29, 0.717) is 6.16 Å². The van der Waals surface area contributed by atoms with Crippen molar-refractivity contribution in [2.75, 3.05) is 6.16 Å². The second-order valence-corrected chi connectivity index (χ2v) is 4.14. The van der Waals surface area contributed by atoms with Crippen LogP contribution in [0.2, 0.25) is 0 Å². The molecular weight excluding hydrogens is 336 g/mol. The van der Waals surface area contributed by atoms with Crippen LogP contribution in [-0.4, -0.2) is 12.1 Å². The highest BCUT2D eigenvalue weighted by molar-refractivity contribution is 7.85. The van der Waals surface area contributed by atoms with Gasteiger partial charge in [0.1, 0.15) is 0 Å². The van der Waals surface area contributed by atoms with E-state index in [1.165, 1.54) is 5.96 Å². The Morgan fingerprint density at radius 2 is 1.04 bits per heavy atom. The van der Waals surface area contributed by atoms with Crippen LogP contribution in [0, 0.1) is 106 Å². The Bertz CT molecular complexity index is 1030. The molecule has 1 unspecified atom stereocenters. The number of hydrogen-bond acceptors (Lipinski definition) is 2. The molecule has 4 heteroatoms. The summed E-state index contributed by atoms with van der Waals surface area (Å²) in [7, 11) is 0.227. The van der Waals surface area contributed by atoms with Crippen LogP contribution in [0.4, 0.5) is 4.48 Å². The molecule has 0 N–H and O–H groups in total. The van der Waals surface area contributed by atoms with Gasteiger partial charge in [-0.3, -0.25) is 0 Å². The molecule has 0 aromatic heterocycles. The lowest BCUT2D eigenvalue weighted by atomic mass is 10.5. The van der Waals surface area contributed by atoms with Crippen molar-refractivity contribution in [2.24, 2.45) is 5.21 Å². The largest absolute Gasteiger partial charge is 0.0955 e. The fourth-order valence-electron chi connectivity index (χ4n) is 0.685. The van der Waals surface area contributed by atoms with E-state index in [1.807, 2.05) is 0 Å². The lowest BCUT2D eigenvalue weighted by Crippen LogP contribution is -1.65. The molecule has 0 aliphatic heterocycles. The summed E-state index contributed by atoms with van der Waals surface area (Å²) in [5.41, 5.74) is 0. The Labute approximate surface area is 149 Å². The lowest BCUT2D eigenvalue weighted by molar-refractivity contribution is 0.543. The van der Waals surface area contributed by atoms with Crippen LogP contribution in [0.1, 0.15) is 0 Å². The average Bonchev–Trinajstić information content (AvgIpc) is 2.60. The van der Waals surface area contributed by atoms with E-state index in [4.69, 9.17) is 0 Å². The molecule has 0 bridgehead atoms. The van der Waals surface area contributed by atoms with Crippen molar-refractivity contribution >= 4 is 27.2 Å². The van der Waals surface area contributed by atoms with Gasteiger partial charge >= 0.3 is 0 Å². The van der Waals surface area contributed by atoms with Crippen molar-refractivity contribution < 1.29 is 4.48 Å². The predicted octanol–water partition coefficient (Wildman–Crippen LogP) is 1.50. The summed E-state index contributed by atoms with van der Waals surface area (Å²) in [6, 6.07) is 0. The van der Waals surface area contributed by atoms with Crippen molar-refractivity contribution in [3.63, 3.8) is 0 Å². The third kappa shape index (κ3) is 18.4. The first-order chi connectivity index (χ1) is 11.9. The standard InChI is InChI=1S/C20H5FNPS/c21-22-20-23-18-16-14-12-10-8-6-4-2-1-3-5-7-9-11-13-15-17-19-24/h20,23-24H,18H2. The fraction of sp³-hybridized carbons (Fsp3) is 0.0500. The predicted molar refractivity (Wildman–Crippen MR) is 102 cm³/mol. The Kier molecular flexibility index (Phi) is 16.5. The van der Waals surface area contributed by atoms with E-state index in [0.717, 1.165) is 0 Å². The molecular formula is C20H5FNPS. The summed E-state index contributed by atoms with van der Waals surface area (Å²) in [6.45, 7) is 0. The summed E-state index contributed by atoms with van der Waals surface area (Å²) < 4.78 is 11.4. The van der Waals surface area contributed by atoms with Crippen LogP contribution in [0.3, 0.4) is 0 Å². The first-order valence-electron chi connectivity index (χ1n) is 5.90. The third-order valence-corrected chi connectivity index (χ3v) is 2.19. The van der Waals surface area contributed by atoms with Gasteiger partial charge in [-0.05, 0) is 100.0 Å². The molecule has 0 aromatic rings. The van der Waals surface area contributed by atoms with Gasteiger partial charge in [0.05, 0.1) is 5.96 Å². The first kappa shape index (κ1) is 20.4. The van der Waals surface area contributed by atoms with Gasteiger partial charge in [0.25, 0.3) is 0 Å². The van der Waals surface area contributed by atoms with Crippen LogP contribution in [0.25, 0.3) is 0 Å². The van der Waals surface area contributed by atoms with E-state index in [-0.39, 0.29) is 8.58 Å². The second-order valence-electron chi connectivity index (χ2n) is 2.90. The molecule has 24 heavy (non-hydrogen) atoms. The van der Waals surface area contributed by atoms with Gasteiger partial charge in [0.15, 0.2) is 0 Å². The summed E-state index contributed by atoms with van der Waals surface area (Å²) in [6.07, 6.45) is 0.521. The second kappa shape index (κ2) is 19.4. The molecule has 0 radical (unpaired) electrons. The van der Waals surface area contributed by atoms with Crippen LogP contribution < -0.4 is 0 Å². The molecule has 0 rings (SSSR count). The Hall–Kier alpha value is -3.58. The van der Waals surface area contributed by atoms with Gasteiger partial charge in [0, 0.05) is 6.16 Å². The van der Waals surface area contributed by atoms with Crippen LogP contribution in [0.15, 0.2) is 5.21 Å². The average molecular weight is 341 g/mol. The van der Waals surface area contributed by atoms with E-state index in [1.54, 1.807) is 0 Å². The van der Waals surface area contributed by atoms with Gasteiger partial charge in [0.2, 0.25) is 0 Å². The number of thiol groups is 1. The van der Waals surface area contributed by atoms with Crippen LogP contribution in [-0.2, 0) is 0 Å². The minimum atomic E-state index is 0.227. The molecule has 0 aliphatic carbocycles. The molecule has 0 heterocycles. The van der Waals surface area contributed by atoms with Gasteiger partial charge in [-0.15, -0.1) is 0 Å². The summed E-state index contributed by atoms with van der Waals surface area (Å²) >= 11 is 3.65. The van der Waals surface area contributed by atoms with Crippen molar-refractivity contribution in [1.82, 2.24) is 0 Å². The molecule has 1 nitrogen and oxygen atoms in total. The fourth-order valence-corrected chi connectivity index (χ4v) is 1.09. The lowest BCUT2D eigenvalue weighted by Gasteiger charge is -1.76. The zero-order valence-electron chi connectivity index (χ0n) is 12.1. The number of halogens is 1. The Balaban J connectivity index is 4.25. The van der Waals surface area contributed by atoms with Crippen molar-refractivity contribution in [2.45, 2.75) is 0 Å². The van der Waals surface area contributed by atoms with E-state index >= 15 is 0 Å².